The number of hydrogen-bond donors (Lipinski definition) is 0. The Hall–Kier alpha value is -1.28. The molecule has 0 atom stereocenters. The number of imidazole rings is 1. The molecule has 2 rings (SSSR count). The van der Waals surface area contributed by atoms with Crippen molar-refractivity contribution in [2.45, 2.75) is 90.5 Å². The highest BCUT2D eigenvalue weighted by atomic mass is 35.5. The van der Waals surface area contributed by atoms with Crippen molar-refractivity contribution in [3.63, 3.8) is 0 Å². The average molecular weight is 376 g/mol. The van der Waals surface area contributed by atoms with Gasteiger partial charge in [-0.15, -0.1) is 0 Å². The van der Waals surface area contributed by atoms with E-state index in [-0.39, 0.29) is 0 Å². The Morgan fingerprint density at radius 1 is 0.769 bits per heavy atom. The third-order valence-electron chi connectivity index (χ3n) is 5.09. The molecule has 0 radical (unpaired) electrons. The van der Waals surface area contributed by atoms with Gasteiger partial charge in [0, 0.05) is 5.02 Å². The van der Waals surface area contributed by atoms with E-state index in [9.17, 15) is 0 Å². The first kappa shape index (κ1) is 21.0. The number of halogens is 1. The van der Waals surface area contributed by atoms with Crippen LogP contribution in [0.25, 0.3) is 5.69 Å². The fraction of sp³-hybridized carbons (Fsp3) is 0.609. The third kappa shape index (κ3) is 8.40. The van der Waals surface area contributed by atoms with Crippen molar-refractivity contribution >= 4 is 11.6 Å². The highest BCUT2D eigenvalue weighted by Crippen LogP contribution is 2.13. The van der Waals surface area contributed by atoms with Gasteiger partial charge in [-0.05, 0) is 37.1 Å². The average Bonchev–Trinajstić information content (AvgIpc) is 3.12. The molecule has 2 nitrogen and oxygen atoms in total. The minimum atomic E-state index is 0.783. The van der Waals surface area contributed by atoms with Gasteiger partial charge in [-0.2, -0.15) is 0 Å². The van der Waals surface area contributed by atoms with Crippen LogP contribution in [0.3, 0.4) is 0 Å². The summed E-state index contributed by atoms with van der Waals surface area (Å²) >= 11 is 5.95. The number of benzene rings is 1. The topological polar surface area (TPSA) is 8.81 Å². The van der Waals surface area contributed by atoms with Crippen LogP contribution in [0.1, 0.15) is 84.0 Å². The zero-order valence-corrected chi connectivity index (χ0v) is 17.3. The van der Waals surface area contributed by atoms with Gasteiger partial charge in [0.1, 0.15) is 18.1 Å². The third-order valence-corrected chi connectivity index (χ3v) is 5.34. The molecule has 0 spiro atoms. The van der Waals surface area contributed by atoms with Crippen LogP contribution in [-0.4, -0.2) is 4.57 Å². The number of rotatable bonds is 14. The maximum Gasteiger partial charge on any atom is 0.248 e. The molecule has 26 heavy (non-hydrogen) atoms. The van der Waals surface area contributed by atoms with Crippen LogP contribution < -0.4 is 4.57 Å². The maximum atomic E-state index is 5.95. The summed E-state index contributed by atoms with van der Waals surface area (Å²) in [6, 6.07) is 7.98. The molecule has 0 fully saturated rings. The predicted molar refractivity (Wildman–Crippen MR) is 112 cm³/mol. The van der Waals surface area contributed by atoms with E-state index >= 15 is 0 Å². The molecule has 1 aromatic carbocycles. The summed E-state index contributed by atoms with van der Waals surface area (Å²) in [5.74, 6) is 0. The van der Waals surface area contributed by atoms with E-state index in [4.69, 9.17) is 11.6 Å². The monoisotopic (exact) mass is 375 g/mol. The Bertz CT molecular complexity index is 589. The van der Waals surface area contributed by atoms with Crippen LogP contribution in [0.5, 0.6) is 0 Å². The van der Waals surface area contributed by atoms with Crippen LogP contribution in [0.4, 0.5) is 0 Å². The van der Waals surface area contributed by atoms with Crippen LogP contribution in [0, 0.1) is 0 Å². The fourth-order valence-electron chi connectivity index (χ4n) is 3.43. The van der Waals surface area contributed by atoms with Gasteiger partial charge >= 0.3 is 0 Å². The highest BCUT2D eigenvalue weighted by Gasteiger charge is 2.06. The summed E-state index contributed by atoms with van der Waals surface area (Å²) in [5, 5.41) is 0.783. The summed E-state index contributed by atoms with van der Waals surface area (Å²) in [6.45, 7) is 3.39. The molecule has 0 bridgehead atoms. The minimum Gasteiger partial charge on any atom is -0.236 e. The Morgan fingerprint density at radius 2 is 1.31 bits per heavy atom. The number of hydrogen-bond acceptors (Lipinski definition) is 0. The lowest BCUT2D eigenvalue weighted by atomic mass is 10.1. The Kier molecular flexibility index (Phi) is 10.5. The summed E-state index contributed by atoms with van der Waals surface area (Å²) in [4.78, 5) is 0. The number of nitrogens with zero attached hydrogens (tertiary/aromatic N) is 2. The summed E-state index contributed by atoms with van der Waals surface area (Å²) in [7, 11) is 0. The minimum absolute atomic E-state index is 0.783. The smallest absolute Gasteiger partial charge is 0.236 e. The van der Waals surface area contributed by atoms with E-state index in [0.717, 1.165) is 17.3 Å². The molecule has 1 aromatic heterocycles. The van der Waals surface area contributed by atoms with E-state index in [1.54, 1.807) is 0 Å². The van der Waals surface area contributed by atoms with Crippen molar-refractivity contribution in [2.75, 3.05) is 0 Å². The van der Waals surface area contributed by atoms with Gasteiger partial charge in [0.05, 0.1) is 6.54 Å². The van der Waals surface area contributed by atoms with E-state index in [1.165, 1.54) is 77.0 Å². The van der Waals surface area contributed by atoms with Gasteiger partial charge in [0.25, 0.3) is 0 Å². The Morgan fingerprint density at radius 3 is 1.88 bits per heavy atom. The molecule has 3 heteroatoms. The lowest BCUT2D eigenvalue weighted by molar-refractivity contribution is -0.696. The first-order valence-electron chi connectivity index (χ1n) is 10.6. The molecule has 0 amide bonds. The second kappa shape index (κ2) is 13.0. The van der Waals surface area contributed by atoms with E-state index in [0.29, 0.717) is 0 Å². The second-order valence-electron chi connectivity index (χ2n) is 7.42. The number of aryl methyl sites for hydroxylation is 1. The summed E-state index contributed by atoms with van der Waals surface area (Å²) < 4.78 is 4.43. The Balaban J connectivity index is 1.48. The van der Waals surface area contributed by atoms with Gasteiger partial charge in [-0.3, -0.25) is 0 Å². The van der Waals surface area contributed by atoms with Crippen LogP contribution in [0.15, 0.2) is 43.0 Å². The maximum absolute atomic E-state index is 5.95. The van der Waals surface area contributed by atoms with E-state index in [1.807, 2.05) is 12.1 Å². The summed E-state index contributed by atoms with van der Waals surface area (Å²) in [5.41, 5.74) is 1.16. The van der Waals surface area contributed by atoms with E-state index < -0.39 is 0 Å². The Labute approximate surface area is 165 Å². The van der Waals surface area contributed by atoms with Gasteiger partial charge in [0.15, 0.2) is 0 Å². The molecular weight excluding hydrogens is 340 g/mol. The van der Waals surface area contributed by atoms with Crippen molar-refractivity contribution < 1.29 is 4.57 Å². The molecular formula is C23H36ClN2+. The van der Waals surface area contributed by atoms with Gasteiger partial charge < -0.3 is 0 Å². The zero-order chi connectivity index (χ0) is 18.5. The number of aromatic nitrogens is 2. The van der Waals surface area contributed by atoms with Gasteiger partial charge in [0.2, 0.25) is 6.33 Å². The molecule has 0 aliphatic heterocycles. The largest absolute Gasteiger partial charge is 0.248 e. The van der Waals surface area contributed by atoms with Gasteiger partial charge in [-0.1, -0.05) is 82.7 Å². The molecule has 0 saturated heterocycles. The highest BCUT2D eigenvalue weighted by molar-refractivity contribution is 6.30. The van der Waals surface area contributed by atoms with E-state index in [2.05, 4.69) is 46.9 Å². The van der Waals surface area contributed by atoms with Crippen molar-refractivity contribution in [3.8, 4) is 5.69 Å². The standard InChI is InChI=1S/C23H36ClN2/c1-2-3-4-5-6-7-8-9-10-11-12-13-18-25-19-20-26(21-25)23-16-14-22(24)15-17-23/h14-17,19-21H,2-13,18H2,1H3/q+1. The first-order chi connectivity index (χ1) is 12.8. The van der Waals surface area contributed by atoms with Crippen molar-refractivity contribution in [1.29, 1.82) is 0 Å². The fourth-order valence-corrected chi connectivity index (χ4v) is 3.55. The predicted octanol–water partition coefficient (Wildman–Crippen LogP) is 7.12. The second-order valence-corrected chi connectivity index (χ2v) is 7.86. The van der Waals surface area contributed by atoms with Gasteiger partial charge in [-0.25, -0.2) is 9.13 Å². The molecule has 2 aromatic rings. The number of unbranched alkanes of at least 4 members (excludes halogenated alkanes) is 11. The lowest BCUT2D eigenvalue weighted by Crippen LogP contribution is -2.30. The SMILES string of the molecule is CCCCCCCCCCCCCC[n+]1ccn(-c2ccc(Cl)cc2)c1. The van der Waals surface area contributed by atoms with Crippen LogP contribution >= 0.6 is 11.6 Å². The lowest BCUT2D eigenvalue weighted by Gasteiger charge is -2.02. The van der Waals surface area contributed by atoms with Crippen molar-refractivity contribution in [1.82, 2.24) is 4.57 Å². The molecule has 0 aliphatic rings. The molecule has 144 valence electrons. The van der Waals surface area contributed by atoms with Crippen molar-refractivity contribution in [3.05, 3.63) is 48.0 Å². The molecule has 1 heterocycles. The first-order valence-corrected chi connectivity index (χ1v) is 11.0. The molecule has 0 saturated carbocycles. The van der Waals surface area contributed by atoms with Crippen LogP contribution in [-0.2, 0) is 6.54 Å². The molecule has 0 N–H and O–H groups in total. The van der Waals surface area contributed by atoms with Crippen LogP contribution in [0.2, 0.25) is 5.02 Å². The molecule has 0 aliphatic carbocycles. The normalized spacial score (nSPS) is 11.2. The zero-order valence-electron chi connectivity index (χ0n) is 16.5. The quantitative estimate of drug-likeness (QED) is 0.245. The summed E-state index contributed by atoms with van der Waals surface area (Å²) in [6.07, 6.45) is 23.2. The van der Waals surface area contributed by atoms with Crippen molar-refractivity contribution in [2.24, 2.45) is 0 Å². The molecule has 0 unspecified atom stereocenters.